The van der Waals surface area contributed by atoms with Crippen molar-refractivity contribution in [3.8, 4) is 39.1 Å². The van der Waals surface area contributed by atoms with E-state index in [1.165, 1.54) is 66.0 Å². The van der Waals surface area contributed by atoms with Gasteiger partial charge >= 0.3 is 0 Å². The number of anilines is 3. The van der Waals surface area contributed by atoms with Crippen LogP contribution in [-0.4, -0.2) is 4.57 Å². The summed E-state index contributed by atoms with van der Waals surface area (Å²) in [5.41, 5.74) is 14.1. The molecule has 0 spiro atoms. The first kappa shape index (κ1) is 31.6. The van der Waals surface area contributed by atoms with Crippen molar-refractivity contribution in [1.82, 2.24) is 4.57 Å². The fourth-order valence-electron chi connectivity index (χ4n) is 8.14. The molecule has 1 aromatic heterocycles. The standard InChI is InChI=1S/C52H36N2/c1-5-17-37(18-6-1)40-23-15-26-42(35-40)53(49-34-32-44(38-19-7-2-8-20-38)46-27-13-14-28-47(46)49)43-31-33-50-48(36-43)52-45(39-21-9-3-10-22-39)29-16-30-51(52)54(50)41-24-11-4-12-25-41/h1-36H. The summed E-state index contributed by atoms with van der Waals surface area (Å²) in [7, 11) is 0. The van der Waals surface area contributed by atoms with Gasteiger partial charge < -0.3 is 9.47 Å². The molecule has 10 rings (SSSR count). The molecule has 1 heterocycles. The Morgan fingerprint density at radius 1 is 0.315 bits per heavy atom. The molecule has 0 aliphatic heterocycles. The summed E-state index contributed by atoms with van der Waals surface area (Å²) in [6, 6.07) is 78.9. The maximum absolute atomic E-state index is 2.44. The summed E-state index contributed by atoms with van der Waals surface area (Å²) in [6.07, 6.45) is 0. The van der Waals surface area contributed by atoms with Gasteiger partial charge in [0.25, 0.3) is 0 Å². The van der Waals surface area contributed by atoms with Crippen molar-refractivity contribution in [2.75, 3.05) is 4.90 Å². The van der Waals surface area contributed by atoms with Gasteiger partial charge in [-0.05, 0) is 93.4 Å². The number of nitrogens with zero attached hydrogens (tertiary/aromatic N) is 2. The van der Waals surface area contributed by atoms with E-state index in [9.17, 15) is 0 Å². The van der Waals surface area contributed by atoms with Gasteiger partial charge in [-0.15, -0.1) is 0 Å². The minimum absolute atomic E-state index is 1.10. The highest BCUT2D eigenvalue weighted by Crippen LogP contribution is 2.46. The Morgan fingerprint density at radius 2 is 0.889 bits per heavy atom. The summed E-state index contributed by atoms with van der Waals surface area (Å²) in [4.78, 5) is 2.44. The summed E-state index contributed by atoms with van der Waals surface area (Å²) in [5, 5.41) is 4.87. The molecule has 0 aliphatic carbocycles. The largest absolute Gasteiger partial charge is 0.310 e. The molecule has 0 amide bonds. The fourth-order valence-corrected chi connectivity index (χ4v) is 8.14. The van der Waals surface area contributed by atoms with E-state index in [1.54, 1.807) is 0 Å². The minimum Gasteiger partial charge on any atom is -0.310 e. The fraction of sp³-hybridized carbons (Fsp3) is 0. The van der Waals surface area contributed by atoms with Gasteiger partial charge in [-0.1, -0.05) is 164 Å². The van der Waals surface area contributed by atoms with E-state index in [2.05, 4.69) is 228 Å². The van der Waals surface area contributed by atoms with Gasteiger partial charge in [-0.25, -0.2) is 0 Å². The van der Waals surface area contributed by atoms with E-state index in [0.29, 0.717) is 0 Å². The first-order valence-corrected chi connectivity index (χ1v) is 18.5. The topological polar surface area (TPSA) is 8.17 Å². The molecule has 254 valence electrons. The lowest BCUT2D eigenvalue weighted by atomic mass is 9.96. The normalized spacial score (nSPS) is 11.3. The smallest absolute Gasteiger partial charge is 0.0547 e. The Hall–Kier alpha value is -7.16. The van der Waals surface area contributed by atoms with Crippen molar-refractivity contribution in [2.45, 2.75) is 0 Å². The van der Waals surface area contributed by atoms with Crippen LogP contribution in [0.2, 0.25) is 0 Å². The molecule has 9 aromatic carbocycles. The molecular weight excluding hydrogens is 653 g/mol. The summed E-state index contributed by atoms with van der Waals surface area (Å²) in [6.45, 7) is 0. The van der Waals surface area contributed by atoms with Gasteiger partial charge in [0.15, 0.2) is 0 Å². The van der Waals surface area contributed by atoms with Crippen LogP contribution in [0.4, 0.5) is 17.1 Å². The van der Waals surface area contributed by atoms with E-state index >= 15 is 0 Å². The Labute approximate surface area is 315 Å². The van der Waals surface area contributed by atoms with Gasteiger partial charge in [0, 0.05) is 33.2 Å². The van der Waals surface area contributed by atoms with Crippen molar-refractivity contribution in [1.29, 1.82) is 0 Å². The summed E-state index contributed by atoms with van der Waals surface area (Å²) < 4.78 is 2.41. The molecule has 0 unspecified atom stereocenters. The van der Waals surface area contributed by atoms with Crippen LogP contribution in [0.5, 0.6) is 0 Å². The van der Waals surface area contributed by atoms with Crippen LogP contribution in [0.25, 0.3) is 71.6 Å². The van der Waals surface area contributed by atoms with Crippen LogP contribution in [0.1, 0.15) is 0 Å². The average molecular weight is 689 g/mol. The Morgan fingerprint density at radius 3 is 1.61 bits per heavy atom. The lowest BCUT2D eigenvalue weighted by Gasteiger charge is -2.28. The number of hydrogen-bond acceptors (Lipinski definition) is 1. The zero-order chi connectivity index (χ0) is 35.8. The molecule has 0 saturated heterocycles. The molecule has 54 heavy (non-hydrogen) atoms. The molecule has 2 heteroatoms. The maximum atomic E-state index is 2.44. The number of hydrogen-bond donors (Lipinski definition) is 0. The number of fused-ring (bicyclic) bond motifs is 4. The monoisotopic (exact) mass is 688 g/mol. The Balaban J connectivity index is 1.27. The molecule has 0 aliphatic rings. The predicted octanol–water partition coefficient (Wildman–Crippen LogP) is 14.4. The van der Waals surface area contributed by atoms with Crippen LogP contribution in [-0.2, 0) is 0 Å². The molecule has 0 bridgehead atoms. The molecule has 0 atom stereocenters. The number of rotatable bonds is 7. The second-order valence-electron chi connectivity index (χ2n) is 13.7. The van der Waals surface area contributed by atoms with Crippen LogP contribution in [0.15, 0.2) is 218 Å². The summed E-state index contributed by atoms with van der Waals surface area (Å²) in [5.74, 6) is 0. The SMILES string of the molecule is c1ccc(-c2cccc(N(c3ccc4c(c3)c3c(-c5ccccc5)cccc3n4-c3ccccc3)c3ccc(-c4ccccc4)c4ccccc34)c2)cc1. The number of para-hydroxylation sites is 1. The quantitative estimate of drug-likeness (QED) is 0.162. The van der Waals surface area contributed by atoms with Crippen LogP contribution >= 0.6 is 0 Å². The average Bonchev–Trinajstić information content (AvgIpc) is 3.59. The zero-order valence-electron chi connectivity index (χ0n) is 29.7. The van der Waals surface area contributed by atoms with Crippen molar-refractivity contribution in [3.63, 3.8) is 0 Å². The van der Waals surface area contributed by atoms with Gasteiger partial charge in [0.05, 0.1) is 16.7 Å². The van der Waals surface area contributed by atoms with Crippen LogP contribution < -0.4 is 4.90 Å². The van der Waals surface area contributed by atoms with Gasteiger partial charge in [0.2, 0.25) is 0 Å². The molecule has 0 N–H and O–H groups in total. The first-order chi connectivity index (χ1) is 26.8. The summed E-state index contributed by atoms with van der Waals surface area (Å²) >= 11 is 0. The van der Waals surface area contributed by atoms with E-state index < -0.39 is 0 Å². The lowest BCUT2D eigenvalue weighted by Crippen LogP contribution is -2.11. The highest BCUT2D eigenvalue weighted by Gasteiger charge is 2.22. The highest BCUT2D eigenvalue weighted by molar-refractivity contribution is 6.17. The third kappa shape index (κ3) is 5.44. The minimum atomic E-state index is 1.10. The number of aromatic nitrogens is 1. The van der Waals surface area contributed by atoms with Crippen molar-refractivity contribution >= 4 is 49.6 Å². The predicted molar refractivity (Wildman–Crippen MR) is 229 cm³/mol. The highest BCUT2D eigenvalue weighted by atomic mass is 15.1. The van der Waals surface area contributed by atoms with Crippen LogP contribution in [0.3, 0.4) is 0 Å². The van der Waals surface area contributed by atoms with Gasteiger partial charge in [-0.3, -0.25) is 0 Å². The van der Waals surface area contributed by atoms with E-state index in [-0.39, 0.29) is 0 Å². The van der Waals surface area contributed by atoms with Crippen LogP contribution in [0, 0.1) is 0 Å². The second kappa shape index (κ2) is 13.4. The van der Waals surface area contributed by atoms with E-state index in [4.69, 9.17) is 0 Å². The third-order valence-corrected chi connectivity index (χ3v) is 10.6. The number of benzene rings is 9. The molecule has 10 aromatic rings. The van der Waals surface area contributed by atoms with Crippen molar-refractivity contribution in [2.24, 2.45) is 0 Å². The van der Waals surface area contributed by atoms with E-state index in [0.717, 1.165) is 22.7 Å². The Bertz CT molecular complexity index is 2910. The molecular formula is C52H36N2. The zero-order valence-corrected chi connectivity index (χ0v) is 29.7. The molecule has 0 saturated carbocycles. The lowest BCUT2D eigenvalue weighted by molar-refractivity contribution is 1.18. The Kier molecular flexibility index (Phi) is 7.85. The first-order valence-electron chi connectivity index (χ1n) is 18.5. The van der Waals surface area contributed by atoms with Gasteiger partial charge in [0.1, 0.15) is 0 Å². The molecule has 0 fully saturated rings. The molecule has 0 radical (unpaired) electrons. The molecule has 2 nitrogen and oxygen atoms in total. The van der Waals surface area contributed by atoms with Crippen molar-refractivity contribution in [3.05, 3.63) is 218 Å². The second-order valence-corrected chi connectivity index (χ2v) is 13.7. The maximum Gasteiger partial charge on any atom is 0.0547 e. The van der Waals surface area contributed by atoms with Gasteiger partial charge in [-0.2, -0.15) is 0 Å². The van der Waals surface area contributed by atoms with E-state index in [1.807, 2.05) is 0 Å². The van der Waals surface area contributed by atoms with Crippen molar-refractivity contribution < 1.29 is 0 Å². The third-order valence-electron chi connectivity index (χ3n) is 10.6.